The molecule has 0 heterocycles. The lowest BCUT2D eigenvalue weighted by Gasteiger charge is -2.24. The van der Waals surface area contributed by atoms with Gasteiger partial charge in [0.2, 0.25) is 0 Å². The van der Waals surface area contributed by atoms with Gasteiger partial charge in [-0.2, -0.15) is 0 Å². The lowest BCUT2D eigenvalue weighted by molar-refractivity contribution is -0.158. The zero-order valence-electron chi connectivity index (χ0n) is 21.8. The number of esters is 1. The number of benzene rings is 3. The summed E-state index contributed by atoms with van der Waals surface area (Å²) in [6.07, 6.45) is 0.813. The predicted octanol–water partition coefficient (Wildman–Crippen LogP) is 7.11. The topological polar surface area (TPSA) is 61.8 Å². The van der Waals surface area contributed by atoms with Crippen LogP contribution in [0.1, 0.15) is 61.7 Å². The van der Waals surface area contributed by atoms with Crippen LogP contribution in [-0.4, -0.2) is 24.5 Å². The van der Waals surface area contributed by atoms with Crippen molar-refractivity contribution < 1.29 is 23.8 Å². The summed E-state index contributed by atoms with van der Waals surface area (Å²) in [5, 5.41) is 0. The Morgan fingerprint density at radius 2 is 1.57 bits per heavy atom. The van der Waals surface area contributed by atoms with Gasteiger partial charge in [-0.25, -0.2) is 4.79 Å². The molecule has 3 rings (SSSR count). The maximum Gasteiger partial charge on any atom is 0.349 e. The Balaban J connectivity index is 0.00000210. The van der Waals surface area contributed by atoms with Gasteiger partial charge in [0, 0.05) is 5.56 Å². The number of carbonyl (C=O) groups excluding carboxylic acids is 2. The van der Waals surface area contributed by atoms with Gasteiger partial charge in [0.05, 0.1) is 6.61 Å². The molecule has 0 aliphatic carbocycles. The Kier molecular flexibility index (Phi) is 10.1. The van der Waals surface area contributed by atoms with Crippen molar-refractivity contribution in [3.63, 3.8) is 0 Å². The van der Waals surface area contributed by atoms with Gasteiger partial charge in [-0.3, -0.25) is 4.79 Å². The van der Waals surface area contributed by atoms with Crippen molar-refractivity contribution in [3.8, 4) is 22.6 Å². The smallest absolute Gasteiger partial charge is 0.349 e. The molecular weight excluding hydrogens is 440 g/mol. The number of aldehydes is 1. The molecule has 0 spiro atoms. The fraction of sp³-hybridized carbons (Fsp3) is 0.333. The molecule has 5 nitrogen and oxygen atoms in total. The summed E-state index contributed by atoms with van der Waals surface area (Å²) >= 11 is 0. The molecule has 0 fully saturated rings. The molecule has 0 aromatic heterocycles. The standard InChI is InChI=1S/C28H30O5.C2H6/c1-6-31-27(30)28(4,5)33-24-14-15-25(19(2)16-24)26-9-7-8-22(20(26)3)18-32-23-12-10-21(17-29)11-13-23;1-2/h7-17H,6,18H2,1-5H3;1-2H3. The van der Waals surface area contributed by atoms with Gasteiger partial charge in [0.15, 0.2) is 5.60 Å². The number of hydrogen-bond acceptors (Lipinski definition) is 5. The van der Waals surface area contributed by atoms with E-state index in [2.05, 4.69) is 13.0 Å². The van der Waals surface area contributed by atoms with E-state index in [1.54, 1.807) is 45.0 Å². The first-order valence-corrected chi connectivity index (χ1v) is 12.0. The van der Waals surface area contributed by atoms with E-state index >= 15 is 0 Å². The maximum absolute atomic E-state index is 12.1. The van der Waals surface area contributed by atoms with Gasteiger partial charge in [-0.1, -0.05) is 38.1 Å². The zero-order chi connectivity index (χ0) is 26.0. The monoisotopic (exact) mass is 476 g/mol. The molecule has 0 atom stereocenters. The van der Waals surface area contributed by atoms with Crippen LogP contribution in [0, 0.1) is 13.8 Å². The van der Waals surface area contributed by atoms with Gasteiger partial charge in [0.1, 0.15) is 24.4 Å². The maximum atomic E-state index is 12.1. The summed E-state index contributed by atoms with van der Waals surface area (Å²) in [5.74, 6) is 0.939. The van der Waals surface area contributed by atoms with Crippen LogP contribution in [0.25, 0.3) is 11.1 Å². The Morgan fingerprint density at radius 3 is 2.17 bits per heavy atom. The van der Waals surface area contributed by atoms with Gasteiger partial charge < -0.3 is 14.2 Å². The summed E-state index contributed by atoms with van der Waals surface area (Å²) < 4.78 is 17.0. The Hall–Kier alpha value is -3.60. The molecule has 0 radical (unpaired) electrons. The zero-order valence-corrected chi connectivity index (χ0v) is 21.8. The van der Waals surface area contributed by atoms with Crippen LogP contribution in [0.2, 0.25) is 0 Å². The van der Waals surface area contributed by atoms with Crippen molar-refractivity contribution >= 4 is 12.3 Å². The van der Waals surface area contributed by atoms with E-state index < -0.39 is 11.6 Å². The van der Waals surface area contributed by atoms with Crippen LogP contribution >= 0.6 is 0 Å². The molecule has 186 valence electrons. The average Bonchev–Trinajstić information content (AvgIpc) is 2.85. The number of ether oxygens (including phenoxy) is 3. The minimum atomic E-state index is -1.07. The summed E-state index contributed by atoms with van der Waals surface area (Å²) in [5.41, 5.74) is 5.00. The lowest BCUT2D eigenvalue weighted by atomic mass is 9.93. The van der Waals surface area contributed by atoms with Crippen LogP contribution in [0.5, 0.6) is 11.5 Å². The van der Waals surface area contributed by atoms with E-state index in [0.29, 0.717) is 30.3 Å². The van der Waals surface area contributed by atoms with Crippen molar-refractivity contribution in [1.82, 2.24) is 0 Å². The number of carbonyl (C=O) groups is 2. The van der Waals surface area contributed by atoms with E-state index in [4.69, 9.17) is 14.2 Å². The third-order valence-electron chi connectivity index (χ3n) is 5.48. The number of aryl methyl sites for hydroxylation is 1. The van der Waals surface area contributed by atoms with Crippen LogP contribution in [0.15, 0.2) is 60.7 Å². The van der Waals surface area contributed by atoms with Crippen LogP contribution in [-0.2, 0) is 16.1 Å². The molecule has 0 saturated carbocycles. The fourth-order valence-corrected chi connectivity index (χ4v) is 3.58. The minimum absolute atomic E-state index is 0.312. The molecular formula is C30H36O5. The fourth-order valence-electron chi connectivity index (χ4n) is 3.58. The summed E-state index contributed by atoms with van der Waals surface area (Å²) in [6.45, 7) is 14.0. The Labute approximate surface area is 209 Å². The first-order chi connectivity index (χ1) is 16.7. The van der Waals surface area contributed by atoms with E-state index in [1.807, 2.05) is 51.1 Å². The normalized spacial score (nSPS) is 10.6. The second kappa shape index (κ2) is 12.7. The van der Waals surface area contributed by atoms with E-state index in [9.17, 15) is 9.59 Å². The van der Waals surface area contributed by atoms with Gasteiger partial charge in [0.25, 0.3) is 0 Å². The SMILES string of the molecule is CC.CCOC(=O)C(C)(C)Oc1ccc(-c2cccc(COc3ccc(C=O)cc3)c2C)c(C)c1. The molecule has 3 aromatic rings. The summed E-state index contributed by atoms with van der Waals surface area (Å²) in [6, 6.07) is 19.0. The second-order valence-electron chi connectivity index (χ2n) is 8.37. The molecule has 0 saturated heterocycles. The molecule has 3 aromatic carbocycles. The third-order valence-corrected chi connectivity index (χ3v) is 5.48. The molecule has 5 heteroatoms. The van der Waals surface area contributed by atoms with E-state index in [1.165, 1.54) is 0 Å². The number of rotatable bonds is 9. The van der Waals surface area contributed by atoms with Crippen molar-refractivity contribution in [2.24, 2.45) is 0 Å². The van der Waals surface area contributed by atoms with Crippen LogP contribution in [0.3, 0.4) is 0 Å². The van der Waals surface area contributed by atoms with E-state index in [0.717, 1.165) is 34.1 Å². The Bertz CT molecular complexity index is 1130. The Morgan fingerprint density at radius 1 is 0.914 bits per heavy atom. The van der Waals surface area contributed by atoms with Gasteiger partial charge in [-0.05, 0) is 98.8 Å². The molecule has 0 aliphatic heterocycles. The molecule has 0 bridgehead atoms. The average molecular weight is 477 g/mol. The first kappa shape index (κ1) is 27.6. The van der Waals surface area contributed by atoms with Crippen LogP contribution < -0.4 is 9.47 Å². The first-order valence-electron chi connectivity index (χ1n) is 12.0. The highest BCUT2D eigenvalue weighted by Gasteiger charge is 2.31. The van der Waals surface area contributed by atoms with E-state index in [-0.39, 0.29) is 0 Å². The van der Waals surface area contributed by atoms with Crippen molar-refractivity contribution in [3.05, 3.63) is 82.9 Å². The van der Waals surface area contributed by atoms with Crippen molar-refractivity contribution in [2.75, 3.05) is 6.61 Å². The highest BCUT2D eigenvalue weighted by Crippen LogP contribution is 2.32. The summed E-state index contributed by atoms with van der Waals surface area (Å²) in [4.78, 5) is 23.0. The largest absolute Gasteiger partial charge is 0.489 e. The van der Waals surface area contributed by atoms with Crippen molar-refractivity contribution in [1.29, 1.82) is 0 Å². The lowest BCUT2D eigenvalue weighted by Crippen LogP contribution is -2.39. The highest BCUT2D eigenvalue weighted by atomic mass is 16.6. The highest BCUT2D eigenvalue weighted by molar-refractivity contribution is 5.79. The quantitative estimate of drug-likeness (QED) is 0.243. The molecule has 0 N–H and O–H groups in total. The molecule has 35 heavy (non-hydrogen) atoms. The van der Waals surface area contributed by atoms with Gasteiger partial charge in [-0.15, -0.1) is 0 Å². The summed E-state index contributed by atoms with van der Waals surface area (Å²) in [7, 11) is 0. The predicted molar refractivity (Wildman–Crippen MR) is 140 cm³/mol. The minimum Gasteiger partial charge on any atom is -0.489 e. The number of hydrogen-bond donors (Lipinski definition) is 0. The van der Waals surface area contributed by atoms with Crippen LogP contribution in [0.4, 0.5) is 0 Å². The van der Waals surface area contributed by atoms with Crippen molar-refractivity contribution in [2.45, 2.75) is 60.7 Å². The van der Waals surface area contributed by atoms with Gasteiger partial charge >= 0.3 is 5.97 Å². The second-order valence-corrected chi connectivity index (χ2v) is 8.37. The third kappa shape index (κ3) is 7.19. The molecule has 0 amide bonds. The molecule has 0 unspecified atom stereocenters. The molecule has 0 aliphatic rings.